The van der Waals surface area contributed by atoms with Crippen LogP contribution in [0.25, 0.3) is 10.9 Å². The van der Waals surface area contributed by atoms with E-state index >= 15 is 0 Å². The number of hydrogen-bond donors (Lipinski definition) is 0. The van der Waals surface area contributed by atoms with Crippen molar-refractivity contribution in [3.05, 3.63) is 75.9 Å². The van der Waals surface area contributed by atoms with Crippen molar-refractivity contribution >= 4 is 45.9 Å². The van der Waals surface area contributed by atoms with E-state index in [9.17, 15) is 0 Å². The summed E-state index contributed by atoms with van der Waals surface area (Å²) >= 11 is 14.0. The summed E-state index contributed by atoms with van der Waals surface area (Å²) in [4.78, 5) is 4.45. The summed E-state index contributed by atoms with van der Waals surface area (Å²) < 4.78 is 0. The van der Waals surface area contributed by atoms with Crippen LogP contribution in [0.2, 0.25) is 10.2 Å². The van der Waals surface area contributed by atoms with Crippen molar-refractivity contribution in [3.8, 4) is 0 Å². The van der Waals surface area contributed by atoms with Crippen LogP contribution in [0, 0.1) is 0 Å². The number of para-hydroxylation sites is 1. The average Bonchev–Trinajstić information content (AvgIpc) is 2.50. The lowest BCUT2D eigenvalue weighted by Crippen LogP contribution is -1.89. The van der Waals surface area contributed by atoms with Crippen LogP contribution < -0.4 is 0 Å². The fraction of sp³-hybridized carbons (Fsp3) is 0.118. The highest BCUT2D eigenvalue weighted by Gasteiger charge is 2.05. The summed E-state index contributed by atoms with van der Waals surface area (Å²) in [5.74, 6) is 1.78. The van der Waals surface area contributed by atoms with Gasteiger partial charge in [-0.2, -0.15) is 11.8 Å². The Morgan fingerprint density at radius 2 is 1.67 bits per heavy atom. The molecule has 3 aromatic rings. The maximum atomic E-state index is 6.26. The van der Waals surface area contributed by atoms with Crippen molar-refractivity contribution in [1.29, 1.82) is 0 Å². The van der Waals surface area contributed by atoms with Gasteiger partial charge >= 0.3 is 0 Å². The smallest absolute Gasteiger partial charge is 0.133 e. The number of rotatable bonds is 4. The van der Waals surface area contributed by atoms with Gasteiger partial charge in [0.1, 0.15) is 5.15 Å². The Balaban J connectivity index is 1.70. The predicted octanol–water partition coefficient (Wildman–Crippen LogP) is 5.98. The van der Waals surface area contributed by atoms with Gasteiger partial charge in [0.05, 0.1) is 5.52 Å². The van der Waals surface area contributed by atoms with E-state index in [1.165, 1.54) is 5.56 Å². The lowest BCUT2D eigenvalue weighted by molar-refractivity contribution is 1.30. The first-order valence-electron chi connectivity index (χ1n) is 6.59. The highest BCUT2D eigenvalue weighted by Crippen LogP contribution is 2.26. The summed E-state index contributed by atoms with van der Waals surface area (Å²) in [6.45, 7) is 0. The van der Waals surface area contributed by atoms with Gasteiger partial charge in [-0.15, -0.1) is 0 Å². The second-order valence-electron chi connectivity index (χ2n) is 4.75. The van der Waals surface area contributed by atoms with Crippen molar-refractivity contribution in [1.82, 2.24) is 4.98 Å². The fourth-order valence-electron chi connectivity index (χ4n) is 2.10. The number of aromatic nitrogens is 1. The standard InChI is InChI=1S/C17H13Cl2NS/c18-15-7-5-12(6-8-15)10-21-11-14-9-13-3-1-2-4-16(13)20-17(14)19/h1-9H,10-11H2. The van der Waals surface area contributed by atoms with Crippen molar-refractivity contribution < 1.29 is 0 Å². The molecule has 2 aromatic carbocycles. The zero-order valence-electron chi connectivity index (χ0n) is 11.2. The molecule has 1 aromatic heterocycles. The molecule has 4 heteroatoms. The molecule has 3 rings (SSSR count). The molecule has 0 atom stereocenters. The molecular weight excluding hydrogens is 321 g/mol. The zero-order chi connectivity index (χ0) is 14.7. The van der Waals surface area contributed by atoms with E-state index < -0.39 is 0 Å². The monoisotopic (exact) mass is 333 g/mol. The second kappa shape index (κ2) is 6.69. The van der Waals surface area contributed by atoms with Gasteiger partial charge in [0.15, 0.2) is 0 Å². The predicted molar refractivity (Wildman–Crippen MR) is 93.2 cm³/mol. The van der Waals surface area contributed by atoms with Gasteiger partial charge < -0.3 is 0 Å². The van der Waals surface area contributed by atoms with Crippen LogP contribution >= 0.6 is 35.0 Å². The molecule has 0 saturated heterocycles. The highest BCUT2D eigenvalue weighted by molar-refractivity contribution is 7.97. The van der Waals surface area contributed by atoms with Crippen LogP contribution in [-0.2, 0) is 11.5 Å². The molecule has 0 amide bonds. The summed E-state index contributed by atoms with van der Waals surface area (Å²) in [5, 5.41) is 2.49. The summed E-state index contributed by atoms with van der Waals surface area (Å²) in [7, 11) is 0. The Kier molecular flexibility index (Phi) is 4.69. The molecule has 0 unspecified atom stereocenters. The van der Waals surface area contributed by atoms with Crippen LogP contribution in [0.3, 0.4) is 0 Å². The maximum Gasteiger partial charge on any atom is 0.133 e. The normalized spacial score (nSPS) is 11.0. The second-order valence-corrected chi connectivity index (χ2v) is 6.53. The van der Waals surface area contributed by atoms with Crippen molar-refractivity contribution in [2.75, 3.05) is 0 Å². The van der Waals surface area contributed by atoms with E-state index in [-0.39, 0.29) is 0 Å². The molecule has 0 fully saturated rings. The van der Waals surface area contributed by atoms with E-state index in [2.05, 4.69) is 29.2 Å². The Bertz CT molecular complexity index is 756. The Hall–Kier alpha value is -1.22. The molecular formula is C17H13Cl2NS. The number of benzene rings is 2. The van der Waals surface area contributed by atoms with Crippen LogP contribution in [0.4, 0.5) is 0 Å². The SMILES string of the molecule is Clc1ccc(CSCc2cc3ccccc3nc2Cl)cc1. The van der Waals surface area contributed by atoms with E-state index in [1.54, 1.807) is 0 Å². The van der Waals surface area contributed by atoms with E-state index in [4.69, 9.17) is 23.2 Å². The lowest BCUT2D eigenvalue weighted by atomic mass is 10.2. The molecule has 0 aliphatic rings. The van der Waals surface area contributed by atoms with Gasteiger partial charge in [0, 0.05) is 27.5 Å². The van der Waals surface area contributed by atoms with Crippen LogP contribution in [0.5, 0.6) is 0 Å². The van der Waals surface area contributed by atoms with Gasteiger partial charge in [0.2, 0.25) is 0 Å². The van der Waals surface area contributed by atoms with E-state index in [1.807, 2.05) is 42.1 Å². The van der Waals surface area contributed by atoms with Gasteiger partial charge in [-0.05, 0) is 29.8 Å². The third-order valence-electron chi connectivity index (χ3n) is 3.19. The van der Waals surface area contributed by atoms with Crippen molar-refractivity contribution in [3.63, 3.8) is 0 Å². The minimum Gasteiger partial charge on any atom is -0.236 e. The maximum absolute atomic E-state index is 6.26. The van der Waals surface area contributed by atoms with Gasteiger partial charge in [-0.25, -0.2) is 4.98 Å². The summed E-state index contributed by atoms with van der Waals surface area (Å²) in [6.07, 6.45) is 0. The molecule has 106 valence electrons. The first kappa shape index (κ1) is 14.7. The number of fused-ring (bicyclic) bond motifs is 1. The number of thioether (sulfide) groups is 1. The number of nitrogens with zero attached hydrogens (tertiary/aromatic N) is 1. The largest absolute Gasteiger partial charge is 0.236 e. The molecule has 0 saturated carbocycles. The first-order valence-corrected chi connectivity index (χ1v) is 8.50. The highest BCUT2D eigenvalue weighted by atomic mass is 35.5. The quantitative estimate of drug-likeness (QED) is 0.545. The van der Waals surface area contributed by atoms with Gasteiger partial charge in [-0.3, -0.25) is 0 Å². The van der Waals surface area contributed by atoms with E-state index in [0.29, 0.717) is 5.15 Å². The van der Waals surface area contributed by atoms with Crippen LogP contribution in [-0.4, -0.2) is 4.98 Å². The Morgan fingerprint density at radius 1 is 0.905 bits per heavy atom. The number of pyridine rings is 1. The summed E-state index contributed by atoms with van der Waals surface area (Å²) in [6, 6.07) is 18.1. The van der Waals surface area contributed by atoms with E-state index in [0.717, 1.165) is 33.0 Å². The molecule has 21 heavy (non-hydrogen) atoms. The van der Waals surface area contributed by atoms with Crippen molar-refractivity contribution in [2.45, 2.75) is 11.5 Å². The Morgan fingerprint density at radius 3 is 2.48 bits per heavy atom. The third-order valence-corrected chi connectivity index (χ3v) is 4.82. The Labute approximate surface area is 138 Å². The minimum atomic E-state index is 0.595. The minimum absolute atomic E-state index is 0.595. The van der Waals surface area contributed by atoms with Gasteiger partial charge in [0.25, 0.3) is 0 Å². The first-order chi connectivity index (χ1) is 10.2. The molecule has 0 aliphatic carbocycles. The molecule has 0 radical (unpaired) electrons. The van der Waals surface area contributed by atoms with Crippen LogP contribution in [0.1, 0.15) is 11.1 Å². The molecule has 1 nitrogen and oxygen atoms in total. The molecule has 0 aliphatic heterocycles. The zero-order valence-corrected chi connectivity index (χ0v) is 13.6. The summed E-state index contributed by atoms with van der Waals surface area (Å²) in [5.41, 5.74) is 3.28. The van der Waals surface area contributed by atoms with Gasteiger partial charge in [-0.1, -0.05) is 53.5 Å². The topological polar surface area (TPSA) is 12.9 Å². The average molecular weight is 334 g/mol. The van der Waals surface area contributed by atoms with Crippen LogP contribution in [0.15, 0.2) is 54.6 Å². The number of halogens is 2. The van der Waals surface area contributed by atoms with Crippen molar-refractivity contribution in [2.24, 2.45) is 0 Å². The molecule has 0 bridgehead atoms. The molecule has 0 N–H and O–H groups in total. The lowest BCUT2D eigenvalue weighted by Gasteiger charge is -2.06. The third kappa shape index (κ3) is 3.70. The molecule has 1 heterocycles. The fourth-order valence-corrected chi connectivity index (χ4v) is 3.48. The number of hydrogen-bond acceptors (Lipinski definition) is 2. The molecule has 0 spiro atoms.